The predicted octanol–water partition coefficient (Wildman–Crippen LogP) is 15.6. The summed E-state index contributed by atoms with van der Waals surface area (Å²) >= 11 is 0. The molecule has 0 bridgehead atoms. The van der Waals surface area contributed by atoms with Gasteiger partial charge in [0.25, 0.3) is 0 Å². The fraction of sp³-hybridized carbons (Fsp3) is 0.0847. The second-order valence-electron chi connectivity index (χ2n) is 16.4. The molecule has 11 rings (SSSR count). The third-order valence-corrected chi connectivity index (χ3v) is 11.4. The molecule has 320 valence electrons. The van der Waals surface area contributed by atoms with Gasteiger partial charge < -0.3 is 19.1 Å². The van der Waals surface area contributed by atoms with Gasteiger partial charge in [0.2, 0.25) is 0 Å². The zero-order chi connectivity index (χ0) is 54.6. The van der Waals surface area contributed by atoms with Crippen LogP contribution in [-0.2, 0) is 26.5 Å². The van der Waals surface area contributed by atoms with Gasteiger partial charge in [-0.25, -0.2) is 4.98 Å². The van der Waals surface area contributed by atoms with Crippen LogP contribution in [-0.4, -0.2) is 9.55 Å². The number of nitrogens with zero attached hydrogens (tertiary/aromatic N) is 4. The molecule has 0 unspecified atom stereocenters. The quantitative estimate of drug-likeness (QED) is 0.142. The molecule has 0 amide bonds. The van der Waals surface area contributed by atoms with E-state index in [4.69, 9.17) is 27.5 Å². The number of hydrogen-bond donors (Lipinski definition) is 0. The zero-order valence-corrected chi connectivity index (χ0v) is 37.6. The first-order chi connectivity index (χ1) is 36.6. The number of benzene rings is 8. The smallest absolute Gasteiger partial charge is 0.135 e. The number of aryl methyl sites for hydroxylation is 1. The van der Waals surface area contributed by atoms with Crippen LogP contribution in [0.15, 0.2) is 194 Å². The van der Waals surface area contributed by atoms with Crippen LogP contribution < -0.4 is 14.5 Å². The molecule has 65 heavy (non-hydrogen) atoms. The Hall–Kier alpha value is -7.20. The van der Waals surface area contributed by atoms with E-state index in [0.717, 1.165) is 27.4 Å². The number of anilines is 4. The summed E-state index contributed by atoms with van der Waals surface area (Å²) in [6, 6.07) is 39.8. The second-order valence-corrected chi connectivity index (χ2v) is 16.4. The number of fused-ring (bicyclic) bond motifs is 4. The summed E-state index contributed by atoms with van der Waals surface area (Å²) in [7, 11) is 0. The minimum Gasteiger partial charge on any atom is -0.509 e. The standard InChI is InChI=1S/C59H45N4O.Pt/c1-40-35-57(60-38-52(40)43-29-31-44(32-30-43)59(2,3)4)63-53-26-12-11-23-50(53)51-34-33-47(37-56(51)63)64-46-22-15-21-45(36-46)61-39-62(55-28-14-13-27-54(55)61)58-48(41-17-7-5-8-18-41)24-16-25-49(58)42-19-9-6-10-20-42;/h5-35,38-39H,1-4H3;/q-3;/i1D3,5D,6D,7D,8D,9D,10D,17D,18D,19D,20D;. The molecule has 0 radical (unpaired) electrons. The van der Waals surface area contributed by atoms with Crippen molar-refractivity contribution in [3.8, 4) is 50.7 Å². The van der Waals surface area contributed by atoms with Gasteiger partial charge in [-0.2, -0.15) is 12.1 Å². The summed E-state index contributed by atoms with van der Waals surface area (Å²) in [5, 5.41) is 1.73. The van der Waals surface area contributed by atoms with E-state index in [1.165, 1.54) is 0 Å². The van der Waals surface area contributed by atoms with Crippen LogP contribution in [0.1, 0.15) is 49.7 Å². The van der Waals surface area contributed by atoms with Crippen molar-refractivity contribution < 1.29 is 43.6 Å². The minimum absolute atomic E-state index is 0. The van der Waals surface area contributed by atoms with Crippen LogP contribution in [0.25, 0.3) is 61.0 Å². The third kappa shape index (κ3) is 7.70. The normalized spacial score (nSPS) is 15.4. The van der Waals surface area contributed by atoms with Gasteiger partial charge in [-0.15, -0.1) is 48.1 Å². The molecular formula is C59H45N4OPt-3. The van der Waals surface area contributed by atoms with Crippen molar-refractivity contribution in [3.05, 3.63) is 224 Å². The van der Waals surface area contributed by atoms with Crippen molar-refractivity contribution in [2.75, 3.05) is 9.80 Å². The van der Waals surface area contributed by atoms with Crippen LogP contribution in [0, 0.1) is 25.7 Å². The average molecular weight is 1030 g/mol. The van der Waals surface area contributed by atoms with Gasteiger partial charge in [0.1, 0.15) is 5.82 Å². The van der Waals surface area contributed by atoms with Crippen LogP contribution in [0.2, 0.25) is 0 Å². The monoisotopic (exact) mass is 1030 g/mol. The first kappa shape index (κ1) is 29.3. The molecule has 0 atom stereocenters. The van der Waals surface area contributed by atoms with Crippen LogP contribution >= 0.6 is 0 Å². The van der Waals surface area contributed by atoms with E-state index in [-0.39, 0.29) is 60.0 Å². The summed E-state index contributed by atoms with van der Waals surface area (Å²) in [5.74, 6) is 1.01. The van der Waals surface area contributed by atoms with E-state index >= 15 is 0 Å². The van der Waals surface area contributed by atoms with E-state index in [9.17, 15) is 0 Å². The summed E-state index contributed by atoms with van der Waals surface area (Å²) in [6.07, 6.45) is 1.62. The average Bonchev–Trinajstić information content (AvgIpc) is 4.08. The van der Waals surface area contributed by atoms with Gasteiger partial charge in [0, 0.05) is 82.1 Å². The topological polar surface area (TPSA) is 33.5 Å². The van der Waals surface area contributed by atoms with Crippen molar-refractivity contribution in [1.82, 2.24) is 9.55 Å². The van der Waals surface area contributed by atoms with Crippen molar-refractivity contribution in [2.24, 2.45) is 0 Å². The first-order valence-corrected chi connectivity index (χ1v) is 20.7. The molecule has 0 saturated carbocycles. The Morgan fingerprint density at radius 2 is 1.26 bits per heavy atom. The SMILES string of the molecule is [2H]c1c([2H])c([2H])c(-c2cccc(-c3c([2H])c([2H])c([2H])c([2H])c3[2H])c2N2[CH-]N(c3[c-]c(Oc4[c-]c5c(cc4)c4ccccc4n5-c4cc(C([2H])([2H])[2H])c(-c5ccc(C(C)(C)C)cc5)cn4)ccc3)c3ccccc32)c([2H])c1[2H].[Pt]. The largest absolute Gasteiger partial charge is 0.509 e. The number of hydrogen-bond acceptors (Lipinski definition) is 4. The fourth-order valence-electron chi connectivity index (χ4n) is 8.33. The van der Waals surface area contributed by atoms with Crippen LogP contribution in [0.3, 0.4) is 0 Å². The van der Waals surface area contributed by atoms with Gasteiger partial charge in [-0.05, 0) is 69.7 Å². The van der Waals surface area contributed by atoms with E-state index in [1.807, 2.05) is 88.3 Å². The van der Waals surface area contributed by atoms with E-state index < -0.39 is 67.3 Å². The Morgan fingerprint density at radius 3 is 1.95 bits per heavy atom. The molecule has 5 nitrogen and oxygen atoms in total. The Bertz CT molecular complexity index is 3920. The van der Waals surface area contributed by atoms with Gasteiger partial charge in [0.15, 0.2) is 0 Å². The zero-order valence-electron chi connectivity index (χ0n) is 48.3. The summed E-state index contributed by atoms with van der Waals surface area (Å²) in [4.78, 5) is 8.42. The van der Waals surface area contributed by atoms with Crippen LogP contribution in [0.4, 0.5) is 22.7 Å². The predicted molar refractivity (Wildman–Crippen MR) is 264 cm³/mol. The molecule has 0 aliphatic carbocycles. The van der Waals surface area contributed by atoms with Gasteiger partial charge in [-0.3, -0.25) is 0 Å². The molecule has 6 heteroatoms. The molecule has 0 fully saturated rings. The third-order valence-electron chi connectivity index (χ3n) is 11.4. The number of aromatic nitrogens is 2. The summed E-state index contributed by atoms with van der Waals surface area (Å²) < 4.78 is 121. The van der Waals surface area contributed by atoms with Crippen LogP contribution in [0.5, 0.6) is 11.5 Å². The Kier molecular flexibility index (Phi) is 7.69. The molecule has 3 heterocycles. The van der Waals surface area contributed by atoms with Crippen molar-refractivity contribution in [2.45, 2.75) is 33.0 Å². The molecular weight excluding hydrogens is 976 g/mol. The van der Waals surface area contributed by atoms with Gasteiger partial charge >= 0.3 is 0 Å². The molecule has 8 aromatic carbocycles. The number of para-hydroxylation sites is 4. The molecule has 2 aromatic heterocycles. The summed E-state index contributed by atoms with van der Waals surface area (Å²) in [6.45, 7) is 5.61. The minimum atomic E-state index is -2.47. The molecule has 0 saturated heterocycles. The molecule has 0 spiro atoms. The maximum Gasteiger partial charge on any atom is 0.135 e. The Labute approximate surface area is 413 Å². The maximum absolute atomic E-state index is 9.03. The van der Waals surface area contributed by atoms with Gasteiger partial charge in [0.05, 0.1) is 13.7 Å². The van der Waals surface area contributed by atoms with E-state index in [0.29, 0.717) is 45.5 Å². The fourth-order valence-corrected chi connectivity index (χ4v) is 8.33. The Balaban J connectivity index is 0.00000688. The Morgan fingerprint density at radius 1 is 0.615 bits per heavy atom. The number of ether oxygens (including phenoxy) is 1. The van der Waals surface area contributed by atoms with Crippen molar-refractivity contribution in [1.29, 1.82) is 0 Å². The van der Waals surface area contributed by atoms with Crippen molar-refractivity contribution in [3.63, 3.8) is 0 Å². The molecule has 1 aliphatic rings. The van der Waals surface area contributed by atoms with Crippen molar-refractivity contribution >= 4 is 44.6 Å². The van der Waals surface area contributed by atoms with E-state index in [2.05, 4.69) is 32.9 Å². The first-order valence-electron chi connectivity index (χ1n) is 27.2. The summed E-state index contributed by atoms with van der Waals surface area (Å²) in [5.41, 5.74) is 5.67. The van der Waals surface area contributed by atoms with Gasteiger partial charge in [-0.1, -0.05) is 160 Å². The second kappa shape index (κ2) is 17.1. The maximum atomic E-state index is 9.03. The molecule has 10 aromatic rings. The number of rotatable bonds is 8. The molecule has 1 aliphatic heterocycles. The van der Waals surface area contributed by atoms with E-state index in [1.54, 1.807) is 66.3 Å². The molecule has 0 N–H and O–H groups in total. The number of pyridine rings is 1.